The van der Waals surface area contributed by atoms with Gasteiger partial charge >= 0.3 is 6.18 Å². The number of halogens is 5. The van der Waals surface area contributed by atoms with Crippen molar-refractivity contribution in [2.75, 3.05) is 18.0 Å². The highest BCUT2D eigenvalue weighted by atomic mass is 127. The van der Waals surface area contributed by atoms with Crippen LogP contribution in [0.3, 0.4) is 0 Å². The highest BCUT2D eigenvalue weighted by Crippen LogP contribution is 2.29. The molecule has 0 aliphatic carbocycles. The van der Waals surface area contributed by atoms with Crippen LogP contribution >= 0.6 is 22.6 Å². The highest BCUT2D eigenvalue weighted by Gasteiger charge is 2.31. The number of nitrogens with one attached hydrogen (secondary N) is 1. The van der Waals surface area contributed by atoms with Gasteiger partial charge < -0.3 is 10.2 Å². The highest BCUT2D eigenvalue weighted by molar-refractivity contribution is 14.1. The van der Waals surface area contributed by atoms with E-state index in [1.807, 2.05) is 27.5 Å². The fraction of sp³-hybridized carbons (Fsp3) is 0.333. The Hall–Kier alpha value is -1.91. The van der Waals surface area contributed by atoms with Gasteiger partial charge in [-0.1, -0.05) is 0 Å². The molecule has 0 saturated carbocycles. The molecule has 144 valence electrons. The van der Waals surface area contributed by atoms with Gasteiger partial charge in [-0.15, -0.1) is 0 Å². The molecule has 1 N–H and O–H groups in total. The molecule has 0 radical (unpaired) electrons. The number of rotatable bonds is 3. The summed E-state index contributed by atoms with van der Waals surface area (Å²) in [6, 6.07) is 6.33. The third kappa shape index (κ3) is 4.88. The Morgan fingerprint density at radius 1 is 1.19 bits per heavy atom. The largest absolute Gasteiger partial charge is 0.417 e. The van der Waals surface area contributed by atoms with Crippen LogP contribution in [-0.2, 0) is 6.18 Å². The molecule has 2 heterocycles. The topological polar surface area (TPSA) is 45.2 Å². The van der Waals surface area contributed by atoms with Gasteiger partial charge in [-0.25, -0.2) is 9.37 Å². The number of benzene rings is 1. The number of aromatic nitrogens is 1. The second kappa shape index (κ2) is 7.99. The second-order valence-electron chi connectivity index (χ2n) is 6.26. The van der Waals surface area contributed by atoms with E-state index in [0.29, 0.717) is 40.9 Å². The van der Waals surface area contributed by atoms with E-state index in [9.17, 15) is 22.4 Å². The molecule has 9 heteroatoms. The number of anilines is 1. The molecule has 1 aliphatic rings. The van der Waals surface area contributed by atoms with E-state index in [0.717, 1.165) is 12.3 Å². The van der Waals surface area contributed by atoms with Crippen LogP contribution in [0.4, 0.5) is 23.4 Å². The quantitative estimate of drug-likeness (QED) is 0.514. The molecule has 3 rings (SSSR count). The first-order valence-corrected chi connectivity index (χ1v) is 9.36. The normalized spacial score (nSPS) is 15.7. The van der Waals surface area contributed by atoms with Crippen molar-refractivity contribution in [1.82, 2.24) is 10.3 Å². The second-order valence-corrected chi connectivity index (χ2v) is 7.42. The van der Waals surface area contributed by atoms with Crippen molar-refractivity contribution in [3.8, 4) is 0 Å². The zero-order valence-electron chi connectivity index (χ0n) is 14.1. The average molecular weight is 493 g/mol. The summed E-state index contributed by atoms with van der Waals surface area (Å²) in [6.07, 6.45) is -2.28. The number of piperidine rings is 1. The minimum atomic E-state index is -4.40. The molecule has 1 amide bonds. The Bertz CT molecular complexity index is 818. The SMILES string of the molecule is O=C(NC1CCN(c2ccc(C(F)(F)F)cn2)CC1)c1ccc(F)cc1I. The lowest BCUT2D eigenvalue weighted by atomic mass is 10.0. The minimum absolute atomic E-state index is 0.0518. The van der Waals surface area contributed by atoms with Crippen LogP contribution in [0.2, 0.25) is 0 Å². The van der Waals surface area contributed by atoms with Gasteiger partial charge in [0, 0.05) is 28.9 Å². The molecule has 4 nitrogen and oxygen atoms in total. The maximum Gasteiger partial charge on any atom is 0.417 e. The Kier molecular flexibility index (Phi) is 5.87. The predicted molar refractivity (Wildman–Crippen MR) is 101 cm³/mol. The van der Waals surface area contributed by atoms with Gasteiger partial charge in [-0.05, 0) is 65.8 Å². The summed E-state index contributed by atoms with van der Waals surface area (Å²) >= 11 is 1.92. The molecule has 27 heavy (non-hydrogen) atoms. The number of nitrogens with zero attached hydrogens (tertiary/aromatic N) is 2. The smallest absolute Gasteiger partial charge is 0.356 e. The molecule has 1 aromatic heterocycles. The number of hydrogen-bond acceptors (Lipinski definition) is 3. The fourth-order valence-electron chi connectivity index (χ4n) is 2.93. The molecule has 0 atom stereocenters. The molecule has 1 fully saturated rings. The molecular weight excluding hydrogens is 477 g/mol. The number of alkyl halides is 3. The van der Waals surface area contributed by atoms with Gasteiger partial charge in [0.2, 0.25) is 0 Å². The Morgan fingerprint density at radius 3 is 2.44 bits per heavy atom. The molecule has 1 aliphatic heterocycles. The summed E-state index contributed by atoms with van der Waals surface area (Å²) in [7, 11) is 0. The summed E-state index contributed by atoms with van der Waals surface area (Å²) in [5, 5.41) is 2.93. The van der Waals surface area contributed by atoms with Crippen LogP contribution in [0, 0.1) is 9.39 Å². The zero-order valence-corrected chi connectivity index (χ0v) is 16.2. The van der Waals surface area contributed by atoms with Crippen LogP contribution in [0.15, 0.2) is 36.5 Å². The van der Waals surface area contributed by atoms with Crippen LogP contribution < -0.4 is 10.2 Å². The summed E-state index contributed by atoms with van der Waals surface area (Å²) in [5.74, 6) is -0.167. The maximum atomic E-state index is 13.2. The molecule has 2 aromatic rings. The van der Waals surface area contributed by atoms with E-state index in [4.69, 9.17) is 0 Å². The van der Waals surface area contributed by atoms with E-state index < -0.39 is 17.6 Å². The minimum Gasteiger partial charge on any atom is -0.356 e. The lowest BCUT2D eigenvalue weighted by molar-refractivity contribution is -0.137. The predicted octanol–water partition coefficient (Wildman–Crippen LogP) is 4.24. The van der Waals surface area contributed by atoms with Crippen LogP contribution in [0.25, 0.3) is 0 Å². The van der Waals surface area contributed by atoms with Gasteiger partial charge in [0.05, 0.1) is 11.1 Å². The lowest BCUT2D eigenvalue weighted by Gasteiger charge is -2.33. The molecule has 0 unspecified atom stereocenters. The van der Waals surface area contributed by atoms with Crippen LogP contribution in [-0.4, -0.2) is 30.0 Å². The first kappa shape index (κ1) is 19.8. The van der Waals surface area contributed by atoms with Crippen molar-refractivity contribution in [3.05, 3.63) is 57.0 Å². The Balaban J connectivity index is 1.56. The number of carbonyl (C=O) groups is 1. The molecule has 0 spiro atoms. The van der Waals surface area contributed by atoms with E-state index in [2.05, 4.69) is 10.3 Å². The average Bonchev–Trinajstić information content (AvgIpc) is 2.61. The van der Waals surface area contributed by atoms with Crippen molar-refractivity contribution >= 4 is 34.3 Å². The first-order chi connectivity index (χ1) is 12.7. The molecule has 0 bridgehead atoms. The summed E-state index contributed by atoms with van der Waals surface area (Å²) < 4.78 is 51.5. The third-order valence-electron chi connectivity index (χ3n) is 4.41. The molecule has 1 saturated heterocycles. The maximum absolute atomic E-state index is 13.2. The van der Waals surface area contributed by atoms with Crippen molar-refractivity contribution in [3.63, 3.8) is 0 Å². The van der Waals surface area contributed by atoms with E-state index in [-0.39, 0.29) is 11.9 Å². The third-order valence-corrected chi connectivity index (χ3v) is 5.30. The van der Waals surface area contributed by atoms with Gasteiger partial charge in [0.1, 0.15) is 11.6 Å². The Morgan fingerprint density at radius 2 is 1.89 bits per heavy atom. The van der Waals surface area contributed by atoms with Crippen molar-refractivity contribution in [2.45, 2.75) is 25.1 Å². The number of amides is 1. The number of hydrogen-bond donors (Lipinski definition) is 1. The summed E-state index contributed by atoms with van der Waals surface area (Å²) in [4.78, 5) is 18.2. The molecular formula is C18H16F4IN3O. The van der Waals surface area contributed by atoms with Crippen molar-refractivity contribution in [2.24, 2.45) is 0 Å². The van der Waals surface area contributed by atoms with Gasteiger partial charge in [0.25, 0.3) is 5.91 Å². The Labute approximate surface area is 167 Å². The van der Waals surface area contributed by atoms with Crippen molar-refractivity contribution in [1.29, 1.82) is 0 Å². The van der Waals surface area contributed by atoms with E-state index >= 15 is 0 Å². The van der Waals surface area contributed by atoms with E-state index in [1.54, 1.807) is 0 Å². The number of carbonyl (C=O) groups excluding carboxylic acids is 1. The fourth-order valence-corrected chi connectivity index (χ4v) is 3.65. The monoisotopic (exact) mass is 493 g/mol. The number of pyridine rings is 1. The van der Waals surface area contributed by atoms with Crippen molar-refractivity contribution < 1.29 is 22.4 Å². The van der Waals surface area contributed by atoms with Gasteiger partial charge in [-0.2, -0.15) is 13.2 Å². The van der Waals surface area contributed by atoms with Gasteiger partial charge in [-0.3, -0.25) is 4.79 Å². The van der Waals surface area contributed by atoms with Crippen LogP contribution in [0.1, 0.15) is 28.8 Å². The zero-order chi connectivity index (χ0) is 19.6. The summed E-state index contributed by atoms with van der Waals surface area (Å²) in [5.41, 5.74) is -0.355. The lowest BCUT2D eigenvalue weighted by Crippen LogP contribution is -2.45. The molecule has 1 aromatic carbocycles. The van der Waals surface area contributed by atoms with Crippen LogP contribution in [0.5, 0.6) is 0 Å². The van der Waals surface area contributed by atoms with E-state index in [1.165, 1.54) is 24.3 Å². The summed E-state index contributed by atoms with van der Waals surface area (Å²) in [6.45, 7) is 1.15. The standard InChI is InChI=1S/C18H16F4IN3O/c19-12-2-3-14(15(23)9-12)17(27)25-13-5-7-26(8-6-13)16-4-1-11(10-24-16)18(20,21)22/h1-4,9-10,13H,5-8H2,(H,25,27). The van der Waals surface area contributed by atoms with Gasteiger partial charge in [0.15, 0.2) is 0 Å². The first-order valence-electron chi connectivity index (χ1n) is 8.28.